The minimum atomic E-state index is -0.225. The van der Waals surface area contributed by atoms with Crippen molar-refractivity contribution in [3.05, 3.63) is 65.1 Å². The first-order valence-electron chi connectivity index (χ1n) is 7.49. The Labute approximate surface area is 138 Å². The van der Waals surface area contributed by atoms with Gasteiger partial charge in [-0.2, -0.15) is 5.10 Å². The molecule has 24 heavy (non-hydrogen) atoms. The fraction of sp³-hybridized carbons (Fsp3) is 0.176. The van der Waals surface area contributed by atoms with Gasteiger partial charge in [0, 0.05) is 31.5 Å². The van der Waals surface area contributed by atoms with E-state index in [1.54, 1.807) is 49.1 Å². The van der Waals surface area contributed by atoms with E-state index in [0.29, 0.717) is 29.0 Å². The quantitative estimate of drug-likeness (QED) is 0.758. The average Bonchev–Trinajstić information content (AvgIpc) is 2.95. The van der Waals surface area contributed by atoms with E-state index in [4.69, 9.17) is 0 Å². The van der Waals surface area contributed by atoms with Crippen molar-refractivity contribution < 1.29 is 9.59 Å². The number of benzene rings is 1. The molecule has 2 heterocycles. The first-order valence-corrected chi connectivity index (χ1v) is 7.49. The molecule has 0 saturated heterocycles. The highest BCUT2D eigenvalue weighted by atomic mass is 16.2. The molecular weight excluding hydrogens is 306 g/mol. The lowest BCUT2D eigenvalue weighted by Crippen LogP contribution is -2.23. The number of amides is 2. The third kappa shape index (κ3) is 2.96. The van der Waals surface area contributed by atoms with Gasteiger partial charge >= 0.3 is 0 Å². The van der Waals surface area contributed by atoms with Crippen LogP contribution in [0.25, 0.3) is 5.65 Å². The van der Waals surface area contributed by atoms with Gasteiger partial charge in [-0.05, 0) is 30.7 Å². The van der Waals surface area contributed by atoms with Crippen LogP contribution in [0.2, 0.25) is 0 Å². The van der Waals surface area contributed by atoms with E-state index >= 15 is 0 Å². The summed E-state index contributed by atoms with van der Waals surface area (Å²) in [6, 6.07) is 8.83. The molecule has 2 N–H and O–H groups in total. The summed E-state index contributed by atoms with van der Waals surface area (Å²) >= 11 is 0. The minimum absolute atomic E-state index is 0.140. The van der Waals surface area contributed by atoms with Crippen molar-refractivity contribution in [1.29, 1.82) is 0 Å². The maximum atomic E-state index is 12.5. The summed E-state index contributed by atoms with van der Waals surface area (Å²) in [5.74, 6) is -0.366. The van der Waals surface area contributed by atoms with Crippen LogP contribution in [-0.2, 0) is 6.54 Å². The van der Waals surface area contributed by atoms with Gasteiger partial charge in [-0.25, -0.2) is 9.50 Å². The summed E-state index contributed by atoms with van der Waals surface area (Å²) in [4.78, 5) is 28.2. The number of nitrogens with one attached hydrogen (secondary N) is 2. The van der Waals surface area contributed by atoms with Gasteiger partial charge in [0.25, 0.3) is 11.8 Å². The molecule has 1 aromatic carbocycles. The van der Waals surface area contributed by atoms with Crippen LogP contribution in [0.5, 0.6) is 0 Å². The first-order chi connectivity index (χ1) is 11.6. The van der Waals surface area contributed by atoms with E-state index < -0.39 is 0 Å². The third-order valence-electron chi connectivity index (χ3n) is 3.69. The van der Waals surface area contributed by atoms with Crippen molar-refractivity contribution in [2.24, 2.45) is 0 Å². The van der Waals surface area contributed by atoms with Crippen molar-refractivity contribution in [1.82, 2.24) is 25.2 Å². The molecule has 0 radical (unpaired) electrons. The summed E-state index contributed by atoms with van der Waals surface area (Å²) < 4.78 is 1.59. The Balaban J connectivity index is 1.73. The van der Waals surface area contributed by atoms with E-state index in [1.165, 1.54) is 0 Å². The van der Waals surface area contributed by atoms with Gasteiger partial charge in [0.1, 0.15) is 5.56 Å². The number of nitrogens with zero attached hydrogens (tertiary/aromatic N) is 3. The molecule has 0 aliphatic heterocycles. The maximum Gasteiger partial charge on any atom is 0.257 e. The van der Waals surface area contributed by atoms with E-state index in [0.717, 1.165) is 5.56 Å². The zero-order chi connectivity index (χ0) is 17.1. The molecule has 0 aliphatic carbocycles. The van der Waals surface area contributed by atoms with Crippen LogP contribution in [0.4, 0.5) is 0 Å². The van der Waals surface area contributed by atoms with Crippen LogP contribution in [-0.4, -0.2) is 33.5 Å². The largest absolute Gasteiger partial charge is 0.355 e. The lowest BCUT2D eigenvalue weighted by atomic mass is 10.1. The lowest BCUT2D eigenvalue weighted by Gasteiger charge is -2.06. The molecule has 3 aromatic rings. The molecule has 7 heteroatoms. The van der Waals surface area contributed by atoms with Gasteiger partial charge in [0.2, 0.25) is 0 Å². The van der Waals surface area contributed by atoms with Crippen molar-refractivity contribution in [3.63, 3.8) is 0 Å². The molecule has 0 unspecified atom stereocenters. The Morgan fingerprint density at radius 2 is 1.92 bits per heavy atom. The number of rotatable bonds is 4. The second kappa shape index (κ2) is 6.49. The summed E-state index contributed by atoms with van der Waals surface area (Å²) in [6.07, 6.45) is 3.38. The van der Waals surface area contributed by atoms with Crippen molar-refractivity contribution in [2.75, 3.05) is 7.05 Å². The van der Waals surface area contributed by atoms with Gasteiger partial charge in [-0.1, -0.05) is 12.1 Å². The van der Waals surface area contributed by atoms with Crippen LogP contribution in [0.1, 0.15) is 32.0 Å². The summed E-state index contributed by atoms with van der Waals surface area (Å²) in [6.45, 7) is 2.14. The number of hydrogen-bond donors (Lipinski definition) is 2. The Morgan fingerprint density at radius 1 is 1.17 bits per heavy atom. The number of carbonyl (C=O) groups is 2. The normalized spacial score (nSPS) is 10.6. The zero-order valence-electron chi connectivity index (χ0n) is 13.4. The van der Waals surface area contributed by atoms with Crippen LogP contribution in [0.3, 0.4) is 0 Å². The lowest BCUT2D eigenvalue weighted by molar-refractivity contribution is 0.0946. The standard InChI is InChI=1S/C17H17N5O2/c1-11-14(15-19-8-3-9-22(15)21-11)17(24)20-10-12-4-6-13(7-5-12)16(23)18-2/h3-9H,10H2,1-2H3,(H,18,23)(H,20,24). The predicted octanol–water partition coefficient (Wildman–Crippen LogP) is 1.33. The number of aryl methyl sites for hydroxylation is 1. The van der Waals surface area contributed by atoms with Crippen molar-refractivity contribution >= 4 is 17.5 Å². The highest BCUT2D eigenvalue weighted by molar-refractivity contribution is 6.01. The molecule has 0 atom stereocenters. The molecule has 0 bridgehead atoms. The molecular formula is C17H17N5O2. The van der Waals surface area contributed by atoms with E-state index in [2.05, 4.69) is 20.7 Å². The number of aromatic nitrogens is 3. The van der Waals surface area contributed by atoms with Crippen LogP contribution >= 0.6 is 0 Å². The summed E-state index contributed by atoms with van der Waals surface area (Å²) in [7, 11) is 1.59. The number of fused-ring (bicyclic) bond motifs is 1. The van der Waals surface area contributed by atoms with Crippen LogP contribution < -0.4 is 10.6 Å². The SMILES string of the molecule is CNC(=O)c1ccc(CNC(=O)c2c(C)nn3cccnc23)cc1. The fourth-order valence-corrected chi connectivity index (χ4v) is 2.45. The molecule has 2 aromatic heterocycles. The number of hydrogen-bond acceptors (Lipinski definition) is 4. The smallest absolute Gasteiger partial charge is 0.257 e. The second-order valence-corrected chi connectivity index (χ2v) is 5.31. The maximum absolute atomic E-state index is 12.5. The summed E-state index contributed by atoms with van der Waals surface area (Å²) in [5, 5.41) is 9.71. The molecule has 0 aliphatic rings. The van der Waals surface area contributed by atoms with Crippen molar-refractivity contribution in [2.45, 2.75) is 13.5 Å². The highest BCUT2D eigenvalue weighted by Gasteiger charge is 2.17. The van der Waals surface area contributed by atoms with Gasteiger partial charge < -0.3 is 10.6 Å². The van der Waals surface area contributed by atoms with E-state index in [1.807, 2.05) is 12.1 Å². The molecule has 122 valence electrons. The van der Waals surface area contributed by atoms with Gasteiger partial charge in [0.15, 0.2) is 5.65 Å². The van der Waals surface area contributed by atoms with E-state index in [-0.39, 0.29) is 11.8 Å². The van der Waals surface area contributed by atoms with Gasteiger partial charge in [-0.15, -0.1) is 0 Å². The van der Waals surface area contributed by atoms with E-state index in [9.17, 15) is 9.59 Å². The monoisotopic (exact) mass is 323 g/mol. The second-order valence-electron chi connectivity index (χ2n) is 5.31. The molecule has 0 fully saturated rings. The highest BCUT2D eigenvalue weighted by Crippen LogP contribution is 2.13. The Hall–Kier alpha value is -3.22. The van der Waals surface area contributed by atoms with Crippen molar-refractivity contribution in [3.8, 4) is 0 Å². The Kier molecular flexibility index (Phi) is 4.24. The van der Waals surface area contributed by atoms with Gasteiger partial charge in [-0.3, -0.25) is 9.59 Å². The molecule has 0 spiro atoms. The first kappa shape index (κ1) is 15.7. The fourth-order valence-electron chi connectivity index (χ4n) is 2.45. The minimum Gasteiger partial charge on any atom is -0.355 e. The number of carbonyl (C=O) groups excluding carboxylic acids is 2. The Morgan fingerprint density at radius 3 is 2.62 bits per heavy atom. The third-order valence-corrected chi connectivity index (χ3v) is 3.69. The van der Waals surface area contributed by atoms with Crippen LogP contribution in [0.15, 0.2) is 42.7 Å². The zero-order valence-corrected chi connectivity index (χ0v) is 13.4. The topological polar surface area (TPSA) is 88.4 Å². The van der Waals surface area contributed by atoms with Crippen LogP contribution in [0, 0.1) is 6.92 Å². The average molecular weight is 323 g/mol. The predicted molar refractivity (Wildman–Crippen MR) is 88.7 cm³/mol. The summed E-state index contributed by atoms with van der Waals surface area (Å²) in [5.41, 5.74) is 3.11. The van der Waals surface area contributed by atoms with Gasteiger partial charge in [0.05, 0.1) is 5.69 Å². The molecule has 3 rings (SSSR count). The molecule has 0 saturated carbocycles. The molecule has 7 nitrogen and oxygen atoms in total. The Bertz CT molecular complexity index is 899. The molecule has 2 amide bonds.